The Bertz CT molecular complexity index is 1330. The molecule has 0 spiro atoms. The first-order chi connectivity index (χ1) is 19.4. The van der Waals surface area contributed by atoms with Crippen LogP contribution in [0.1, 0.15) is 37.5 Å². The summed E-state index contributed by atoms with van der Waals surface area (Å²) in [7, 11) is -3.50. The van der Waals surface area contributed by atoms with Crippen LogP contribution in [0.2, 0.25) is 0 Å². The van der Waals surface area contributed by atoms with Crippen LogP contribution in [0.4, 0.5) is 0 Å². The van der Waals surface area contributed by atoms with E-state index >= 15 is 0 Å². The van der Waals surface area contributed by atoms with E-state index in [1.807, 2.05) is 136 Å². The first-order valence-corrected chi connectivity index (χ1v) is 15.5. The summed E-state index contributed by atoms with van der Waals surface area (Å²) in [5.74, 6) is 0. The highest BCUT2D eigenvalue weighted by Crippen LogP contribution is 2.43. The molecule has 40 heavy (non-hydrogen) atoms. The predicted octanol–water partition coefficient (Wildman–Crippen LogP) is 6.43. The minimum atomic E-state index is -3.50. The first-order valence-electron chi connectivity index (χ1n) is 13.7. The van der Waals surface area contributed by atoms with Gasteiger partial charge in [-0.2, -0.15) is 0 Å². The topological polar surface area (TPSA) is 38.7 Å². The van der Waals surface area contributed by atoms with Crippen molar-refractivity contribution in [1.82, 2.24) is 0 Å². The molecule has 0 aliphatic carbocycles. The molecule has 5 aromatic carbocycles. The van der Waals surface area contributed by atoms with E-state index in [4.69, 9.17) is 8.85 Å². The van der Waals surface area contributed by atoms with Crippen molar-refractivity contribution in [1.29, 1.82) is 0 Å². The summed E-state index contributed by atoms with van der Waals surface area (Å²) in [6, 6.07) is 50.6. The summed E-state index contributed by atoms with van der Waals surface area (Å²) >= 11 is 0. The molecule has 202 valence electrons. The van der Waals surface area contributed by atoms with E-state index in [0.29, 0.717) is 0 Å². The largest absolute Gasteiger partial charge is 0.409 e. The Hall–Kier alpha value is -3.80. The molecule has 0 bridgehead atoms. The van der Waals surface area contributed by atoms with Gasteiger partial charge < -0.3 is 14.0 Å². The average Bonchev–Trinajstić information content (AvgIpc) is 2.99. The molecule has 4 heteroatoms. The monoisotopic (exact) mass is 544 g/mol. The lowest BCUT2D eigenvalue weighted by atomic mass is 9.69. The van der Waals surface area contributed by atoms with E-state index in [1.165, 1.54) is 0 Å². The highest BCUT2D eigenvalue weighted by Gasteiger charge is 2.53. The molecule has 0 saturated heterocycles. The van der Waals surface area contributed by atoms with E-state index in [0.717, 1.165) is 27.1 Å². The number of aliphatic hydroxyl groups excluding tert-OH is 1. The molecule has 0 aromatic heterocycles. The zero-order valence-electron chi connectivity index (χ0n) is 23.3. The van der Waals surface area contributed by atoms with Crippen molar-refractivity contribution in [3.63, 3.8) is 0 Å². The third kappa shape index (κ3) is 5.44. The molecule has 0 heterocycles. The molecule has 0 amide bonds. The summed E-state index contributed by atoms with van der Waals surface area (Å²) < 4.78 is 14.2. The summed E-state index contributed by atoms with van der Waals surface area (Å²) in [5.41, 5.74) is 1.21. The summed E-state index contributed by atoms with van der Waals surface area (Å²) in [6.07, 6.45) is -1.30. The maximum atomic E-state index is 12.7. The molecule has 0 saturated carbocycles. The molecule has 5 aromatic rings. The second kappa shape index (κ2) is 11.7. The molecule has 3 nitrogen and oxygen atoms in total. The molecule has 1 atom stereocenters. The van der Waals surface area contributed by atoms with Crippen LogP contribution in [0.5, 0.6) is 0 Å². The van der Waals surface area contributed by atoms with Crippen molar-refractivity contribution < 1.29 is 14.0 Å². The van der Waals surface area contributed by atoms with Crippen molar-refractivity contribution in [3.8, 4) is 0 Å². The standard InChI is InChI=1S/C36H36O3Si/c1-35(2,3)39-40(32-25-15-7-16-26-32,33-27-17-8-18-28-33)38-34(37)36(29-19-9-4-10-20-29,30-21-11-5-12-22-30)31-23-13-6-14-24-31/h4-28,34,37H,1-3H3. The quantitative estimate of drug-likeness (QED) is 0.132. The smallest absolute Gasteiger partial charge is 0.383 e. The van der Waals surface area contributed by atoms with Crippen molar-refractivity contribution in [2.75, 3.05) is 0 Å². The van der Waals surface area contributed by atoms with E-state index in [2.05, 4.69) is 36.4 Å². The van der Waals surface area contributed by atoms with Gasteiger partial charge in [-0.05, 0) is 47.8 Å². The highest BCUT2D eigenvalue weighted by atomic mass is 28.4. The second-order valence-electron chi connectivity index (χ2n) is 10.9. The fraction of sp³-hybridized carbons (Fsp3) is 0.167. The normalized spacial score (nSPS) is 13.1. The molecule has 5 rings (SSSR count). The predicted molar refractivity (Wildman–Crippen MR) is 165 cm³/mol. The molecule has 1 unspecified atom stereocenters. The number of benzene rings is 5. The molecule has 0 aliphatic rings. The minimum absolute atomic E-state index is 0.549. The van der Waals surface area contributed by atoms with Gasteiger partial charge in [-0.25, -0.2) is 0 Å². The SMILES string of the molecule is CC(C)(C)O[Si](OC(O)C(c1ccccc1)(c1ccccc1)c1ccccc1)(c1ccccc1)c1ccccc1. The van der Waals surface area contributed by atoms with Crippen LogP contribution in [0, 0.1) is 0 Å². The average molecular weight is 545 g/mol. The van der Waals surface area contributed by atoms with Crippen LogP contribution in [0.15, 0.2) is 152 Å². The minimum Gasteiger partial charge on any atom is -0.383 e. The zero-order chi connectivity index (χ0) is 28.1. The summed E-state index contributed by atoms with van der Waals surface area (Å²) in [6.45, 7) is 6.11. The molecule has 0 fully saturated rings. The maximum Gasteiger partial charge on any atom is 0.409 e. The fourth-order valence-corrected chi connectivity index (χ4v) is 8.97. The van der Waals surface area contributed by atoms with Crippen molar-refractivity contribution in [2.45, 2.75) is 38.1 Å². The van der Waals surface area contributed by atoms with Gasteiger partial charge in [-0.15, -0.1) is 0 Å². The van der Waals surface area contributed by atoms with E-state index in [-0.39, 0.29) is 0 Å². The van der Waals surface area contributed by atoms with Crippen molar-refractivity contribution in [2.24, 2.45) is 0 Å². The van der Waals surface area contributed by atoms with Crippen LogP contribution in [-0.2, 0) is 14.3 Å². The van der Waals surface area contributed by atoms with Gasteiger partial charge in [-0.1, -0.05) is 152 Å². The van der Waals surface area contributed by atoms with Crippen molar-refractivity contribution >= 4 is 18.9 Å². The lowest BCUT2D eigenvalue weighted by molar-refractivity contribution is -0.0821. The zero-order valence-corrected chi connectivity index (χ0v) is 24.3. The van der Waals surface area contributed by atoms with Gasteiger partial charge in [0.05, 0.1) is 11.0 Å². The molecule has 0 aliphatic heterocycles. The highest BCUT2D eigenvalue weighted by molar-refractivity contribution is 6.92. The van der Waals surface area contributed by atoms with Crippen LogP contribution in [0.3, 0.4) is 0 Å². The van der Waals surface area contributed by atoms with E-state index in [1.54, 1.807) is 0 Å². The number of hydrogen-bond donors (Lipinski definition) is 1. The van der Waals surface area contributed by atoms with Gasteiger partial charge >= 0.3 is 8.56 Å². The number of aliphatic hydroxyl groups is 1. The van der Waals surface area contributed by atoms with Gasteiger partial charge in [0, 0.05) is 0 Å². The summed E-state index contributed by atoms with van der Waals surface area (Å²) in [4.78, 5) is 0. The molecule has 1 N–H and O–H groups in total. The Balaban J connectivity index is 1.80. The second-order valence-corrected chi connectivity index (χ2v) is 13.8. The van der Waals surface area contributed by atoms with Gasteiger partial charge in [0.1, 0.15) is 0 Å². The number of hydrogen-bond acceptors (Lipinski definition) is 3. The lowest BCUT2D eigenvalue weighted by Crippen LogP contribution is -2.68. The molecular weight excluding hydrogens is 508 g/mol. The first kappa shape index (κ1) is 27.8. The van der Waals surface area contributed by atoms with E-state index in [9.17, 15) is 5.11 Å². The number of rotatable bonds is 9. The van der Waals surface area contributed by atoms with Gasteiger partial charge in [0.25, 0.3) is 0 Å². The van der Waals surface area contributed by atoms with Gasteiger partial charge in [0.15, 0.2) is 6.29 Å². The lowest BCUT2D eigenvalue weighted by Gasteiger charge is -2.45. The maximum absolute atomic E-state index is 12.7. The van der Waals surface area contributed by atoms with Crippen LogP contribution < -0.4 is 10.4 Å². The third-order valence-electron chi connectivity index (χ3n) is 7.09. The Labute approximate surface area is 238 Å². The van der Waals surface area contributed by atoms with Gasteiger partial charge in [-0.3, -0.25) is 0 Å². The van der Waals surface area contributed by atoms with Crippen molar-refractivity contribution in [3.05, 3.63) is 168 Å². The molecular formula is C36H36O3Si. The van der Waals surface area contributed by atoms with Crippen LogP contribution >= 0.6 is 0 Å². The Morgan fingerprint density at radius 1 is 0.500 bits per heavy atom. The van der Waals surface area contributed by atoms with Crippen LogP contribution in [-0.4, -0.2) is 25.6 Å². The summed E-state index contributed by atoms with van der Waals surface area (Å²) in [5, 5.41) is 14.6. The third-order valence-corrected chi connectivity index (χ3v) is 10.7. The molecule has 0 radical (unpaired) electrons. The fourth-order valence-electron chi connectivity index (χ4n) is 5.47. The Morgan fingerprint density at radius 2 is 0.800 bits per heavy atom. The van der Waals surface area contributed by atoms with Crippen LogP contribution in [0.25, 0.3) is 0 Å². The van der Waals surface area contributed by atoms with E-state index < -0.39 is 25.9 Å². The van der Waals surface area contributed by atoms with Gasteiger partial charge in [0.2, 0.25) is 0 Å². The Morgan fingerprint density at radius 3 is 1.10 bits per heavy atom. The Kier molecular flexibility index (Phi) is 8.15.